The fourth-order valence-corrected chi connectivity index (χ4v) is 3.75. The van der Waals surface area contributed by atoms with E-state index in [2.05, 4.69) is 10.6 Å². The van der Waals surface area contributed by atoms with E-state index >= 15 is 0 Å². The first-order valence-electron chi connectivity index (χ1n) is 6.14. The first-order chi connectivity index (χ1) is 9.39. The van der Waals surface area contributed by atoms with Gasteiger partial charge >= 0.3 is 0 Å². The zero-order chi connectivity index (χ0) is 14.8. The topological polar surface area (TPSA) is 101 Å². The summed E-state index contributed by atoms with van der Waals surface area (Å²) in [7, 11) is -3.79. The molecule has 0 radical (unpaired) electrons. The quantitative estimate of drug-likeness (QED) is 0.744. The highest BCUT2D eigenvalue weighted by Crippen LogP contribution is 2.22. The molecule has 1 fully saturated rings. The molecule has 1 aromatic rings. The molecule has 110 valence electrons. The molecule has 0 bridgehead atoms. The molecule has 4 N–H and O–H groups in total. The average Bonchev–Trinajstić information content (AvgIpc) is 2.40. The van der Waals surface area contributed by atoms with Crippen molar-refractivity contribution in [1.29, 1.82) is 0 Å². The maximum atomic E-state index is 12.1. The van der Waals surface area contributed by atoms with Crippen LogP contribution in [0.1, 0.15) is 5.56 Å². The second-order valence-electron chi connectivity index (χ2n) is 4.54. The lowest BCUT2D eigenvalue weighted by Crippen LogP contribution is -2.46. The van der Waals surface area contributed by atoms with Gasteiger partial charge in [-0.1, -0.05) is 6.07 Å². The van der Waals surface area contributed by atoms with Crippen LogP contribution in [0.5, 0.6) is 0 Å². The third kappa shape index (κ3) is 3.51. The Bertz CT molecular complexity index is 610. The third-order valence-corrected chi connectivity index (χ3v) is 5.20. The van der Waals surface area contributed by atoms with Crippen molar-refractivity contribution in [2.24, 2.45) is 5.14 Å². The number of carbonyl (C=O) groups excluding carboxylic acids is 1. The second kappa shape index (κ2) is 6.13. The summed E-state index contributed by atoms with van der Waals surface area (Å²) in [6.45, 7) is 2.41. The van der Waals surface area contributed by atoms with Crippen LogP contribution in [0.2, 0.25) is 0 Å². The minimum atomic E-state index is -3.79. The Morgan fingerprint density at radius 2 is 2.25 bits per heavy atom. The molecule has 0 aromatic heterocycles. The van der Waals surface area contributed by atoms with Crippen molar-refractivity contribution >= 4 is 33.4 Å². The van der Waals surface area contributed by atoms with Crippen molar-refractivity contribution in [1.82, 2.24) is 5.32 Å². The van der Waals surface area contributed by atoms with Gasteiger partial charge in [0.25, 0.3) is 0 Å². The summed E-state index contributed by atoms with van der Waals surface area (Å²) < 4.78 is 22.9. The molecule has 20 heavy (non-hydrogen) atoms. The van der Waals surface area contributed by atoms with Crippen molar-refractivity contribution < 1.29 is 13.2 Å². The zero-order valence-corrected chi connectivity index (χ0v) is 12.7. The fraction of sp³-hybridized carbons (Fsp3) is 0.417. The lowest BCUT2D eigenvalue weighted by Gasteiger charge is -2.22. The van der Waals surface area contributed by atoms with E-state index in [1.807, 2.05) is 0 Å². The van der Waals surface area contributed by atoms with Gasteiger partial charge in [-0.3, -0.25) is 4.79 Å². The molecule has 1 heterocycles. The number of rotatable bonds is 3. The molecule has 0 saturated carbocycles. The van der Waals surface area contributed by atoms with E-state index < -0.39 is 10.0 Å². The van der Waals surface area contributed by atoms with Crippen LogP contribution in [-0.2, 0) is 14.8 Å². The molecule has 1 saturated heterocycles. The summed E-state index contributed by atoms with van der Waals surface area (Å²) in [4.78, 5) is 12.1. The standard InChI is InChI=1S/C12H17N3O3S2/c1-8-9(3-2-4-11(8)20(13,17)18)15-12(16)10-7-19-6-5-14-10/h2-4,10,14H,5-7H2,1H3,(H,15,16)(H2,13,17,18). The minimum Gasteiger partial charge on any atom is -0.324 e. The van der Waals surface area contributed by atoms with Crippen LogP contribution >= 0.6 is 11.8 Å². The normalized spacial score (nSPS) is 19.6. The van der Waals surface area contributed by atoms with Crippen molar-refractivity contribution in [3.63, 3.8) is 0 Å². The summed E-state index contributed by atoms with van der Waals surface area (Å²) in [5.74, 6) is 1.54. The van der Waals surface area contributed by atoms with Crippen LogP contribution in [0.3, 0.4) is 0 Å². The highest BCUT2D eigenvalue weighted by atomic mass is 32.2. The molecule has 1 amide bonds. The van der Waals surface area contributed by atoms with Crippen molar-refractivity contribution in [3.8, 4) is 0 Å². The molecule has 1 aromatic carbocycles. The predicted octanol–water partition coefficient (Wildman–Crippen LogP) is 0.286. The Morgan fingerprint density at radius 3 is 2.85 bits per heavy atom. The number of benzene rings is 1. The van der Waals surface area contributed by atoms with Crippen molar-refractivity contribution in [2.45, 2.75) is 17.9 Å². The van der Waals surface area contributed by atoms with Crippen LogP contribution in [0.15, 0.2) is 23.1 Å². The van der Waals surface area contributed by atoms with Gasteiger partial charge in [-0.2, -0.15) is 11.8 Å². The first-order valence-corrected chi connectivity index (χ1v) is 8.84. The van der Waals surface area contributed by atoms with Crippen LogP contribution in [0, 0.1) is 6.92 Å². The number of sulfonamides is 1. The van der Waals surface area contributed by atoms with Crippen LogP contribution < -0.4 is 15.8 Å². The highest BCUT2D eigenvalue weighted by Gasteiger charge is 2.22. The SMILES string of the molecule is Cc1c(NC(=O)C2CSCCN2)cccc1S(N)(=O)=O. The number of thioether (sulfide) groups is 1. The van der Waals surface area contributed by atoms with Crippen molar-refractivity contribution in [2.75, 3.05) is 23.4 Å². The summed E-state index contributed by atoms with van der Waals surface area (Å²) in [6, 6.07) is 4.39. The molecule has 6 nitrogen and oxygen atoms in total. The van der Waals surface area contributed by atoms with E-state index in [4.69, 9.17) is 5.14 Å². The molecular formula is C12H17N3O3S2. The number of primary sulfonamides is 1. The van der Waals surface area contributed by atoms with Gasteiger partial charge in [0.15, 0.2) is 0 Å². The van der Waals surface area contributed by atoms with Gasteiger partial charge < -0.3 is 10.6 Å². The average molecular weight is 315 g/mol. The van der Waals surface area contributed by atoms with E-state index in [-0.39, 0.29) is 16.8 Å². The van der Waals surface area contributed by atoms with E-state index in [0.717, 1.165) is 12.3 Å². The number of nitrogens with two attached hydrogens (primary N) is 1. The van der Waals surface area contributed by atoms with Gasteiger partial charge in [-0.25, -0.2) is 13.6 Å². The Labute approximate surface area is 122 Å². The maximum absolute atomic E-state index is 12.1. The number of anilines is 1. The Morgan fingerprint density at radius 1 is 1.50 bits per heavy atom. The minimum absolute atomic E-state index is 0.0290. The smallest absolute Gasteiger partial charge is 0.242 e. The fourth-order valence-electron chi connectivity index (χ4n) is 2.01. The van der Waals surface area contributed by atoms with Crippen LogP contribution in [0.4, 0.5) is 5.69 Å². The van der Waals surface area contributed by atoms with E-state index in [9.17, 15) is 13.2 Å². The molecule has 8 heteroatoms. The van der Waals surface area contributed by atoms with Gasteiger partial charge in [0.2, 0.25) is 15.9 Å². The van der Waals surface area contributed by atoms with Crippen LogP contribution in [0.25, 0.3) is 0 Å². The maximum Gasteiger partial charge on any atom is 0.242 e. The monoisotopic (exact) mass is 315 g/mol. The highest BCUT2D eigenvalue weighted by molar-refractivity contribution is 7.99. The molecule has 1 aliphatic rings. The molecule has 1 aliphatic heterocycles. The molecule has 0 spiro atoms. The number of hydrogen-bond acceptors (Lipinski definition) is 5. The molecule has 1 atom stereocenters. The van der Waals surface area contributed by atoms with Crippen molar-refractivity contribution in [3.05, 3.63) is 23.8 Å². The molecule has 1 unspecified atom stereocenters. The molecule has 2 rings (SSSR count). The van der Waals surface area contributed by atoms with Gasteiger partial charge in [-0.05, 0) is 24.6 Å². The number of carbonyl (C=O) groups is 1. The Kier molecular flexibility index (Phi) is 4.69. The van der Waals surface area contributed by atoms with E-state index in [0.29, 0.717) is 17.0 Å². The lowest BCUT2D eigenvalue weighted by molar-refractivity contribution is -0.117. The number of hydrogen-bond donors (Lipinski definition) is 3. The molecular weight excluding hydrogens is 298 g/mol. The number of nitrogens with one attached hydrogen (secondary N) is 2. The predicted molar refractivity (Wildman–Crippen MR) is 80.3 cm³/mol. The first kappa shape index (κ1) is 15.3. The summed E-state index contributed by atoms with van der Waals surface area (Å²) in [5, 5.41) is 11.0. The number of amides is 1. The van der Waals surface area contributed by atoms with Gasteiger partial charge in [0.1, 0.15) is 0 Å². The summed E-state index contributed by atoms with van der Waals surface area (Å²) >= 11 is 1.71. The summed E-state index contributed by atoms with van der Waals surface area (Å²) in [6.07, 6.45) is 0. The van der Waals surface area contributed by atoms with Gasteiger partial charge in [-0.15, -0.1) is 0 Å². The van der Waals surface area contributed by atoms with E-state index in [1.54, 1.807) is 30.8 Å². The zero-order valence-electron chi connectivity index (χ0n) is 11.0. The molecule has 0 aliphatic carbocycles. The van der Waals surface area contributed by atoms with Gasteiger partial charge in [0.05, 0.1) is 10.9 Å². The lowest BCUT2D eigenvalue weighted by atomic mass is 10.2. The van der Waals surface area contributed by atoms with Crippen LogP contribution in [-0.4, -0.2) is 38.4 Å². The third-order valence-electron chi connectivity index (χ3n) is 3.09. The summed E-state index contributed by atoms with van der Waals surface area (Å²) in [5.41, 5.74) is 0.922. The second-order valence-corrected chi connectivity index (χ2v) is 7.22. The Balaban J connectivity index is 2.19. The van der Waals surface area contributed by atoms with Gasteiger partial charge in [0, 0.05) is 23.7 Å². The van der Waals surface area contributed by atoms with E-state index in [1.165, 1.54) is 6.07 Å². The Hall–Kier alpha value is -1.09. The largest absolute Gasteiger partial charge is 0.324 e.